The lowest BCUT2D eigenvalue weighted by Crippen LogP contribution is -2.66. The summed E-state index contributed by atoms with van der Waals surface area (Å²) in [7, 11) is 0. The predicted molar refractivity (Wildman–Crippen MR) is 86.7 cm³/mol. The molecule has 116 valence electrons. The summed E-state index contributed by atoms with van der Waals surface area (Å²) in [6.07, 6.45) is 3.03. The summed E-state index contributed by atoms with van der Waals surface area (Å²) in [6.45, 7) is 0.263. The van der Waals surface area contributed by atoms with E-state index < -0.39 is 0 Å². The van der Waals surface area contributed by atoms with Crippen molar-refractivity contribution in [2.45, 2.75) is 24.7 Å². The van der Waals surface area contributed by atoms with Crippen LogP contribution in [0.25, 0.3) is 21.7 Å². The molecule has 0 spiro atoms. The highest BCUT2D eigenvalue weighted by atomic mass is 16.4. The van der Waals surface area contributed by atoms with E-state index in [4.69, 9.17) is 4.42 Å². The van der Waals surface area contributed by atoms with Crippen molar-refractivity contribution >= 4 is 21.7 Å². The third-order valence-electron chi connectivity index (χ3n) is 5.79. The van der Waals surface area contributed by atoms with Crippen LogP contribution in [-0.2, 0) is 5.41 Å². The van der Waals surface area contributed by atoms with E-state index >= 15 is 0 Å². The summed E-state index contributed by atoms with van der Waals surface area (Å²) in [5.41, 5.74) is 1.49. The predicted octanol–water partition coefficient (Wildman–Crippen LogP) is 3.07. The Labute approximate surface area is 132 Å². The number of fused-ring (bicyclic) bond motifs is 3. The third kappa shape index (κ3) is 1.56. The van der Waals surface area contributed by atoms with Crippen molar-refractivity contribution in [2.75, 3.05) is 6.61 Å². The lowest BCUT2D eigenvalue weighted by Gasteiger charge is -2.70. The van der Waals surface area contributed by atoms with Gasteiger partial charge in [0.15, 0.2) is 0 Å². The van der Waals surface area contributed by atoms with E-state index in [0.717, 1.165) is 30.0 Å². The van der Waals surface area contributed by atoms with Crippen LogP contribution in [0.4, 0.5) is 0 Å². The fourth-order valence-corrected chi connectivity index (χ4v) is 4.72. The van der Waals surface area contributed by atoms with Crippen molar-refractivity contribution in [1.29, 1.82) is 0 Å². The zero-order chi connectivity index (χ0) is 15.8. The topological polar surface area (TPSA) is 70.7 Å². The average Bonchev–Trinajstić information content (AvgIpc) is 2.45. The highest BCUT2D eigenvalue weighted by molar-refractivity contribution is 6.04. The van der Waals surface area contributed by atoms with Crippen molar-refractivity contribution in [3.8, 4) is 5.75 Å². The molecule has 0 aliphatic heterocycles. The fraction of sp³-hybridized carbons (Fsp3) is 0.316. The van der Waals surface area contributed by atoms with Crippen LogP contribution in [0.15, 0.2) is 45.6 Å². The molecule has 0 amide bonds. The summed E-state index contributed by atoms with van der Waals surface area (Å²) in [6, 6.07) is 10.9. The number of hydrogen-bond acceptors (Lipinski definition) is 4. The smallest absolute Gasteiger partial charge is 0.344 e. The van der Waals surface area contributed by atoms with Gasteiger partial charge in [-0.15, -0.1) is 0 Å². The number of aliphatic hydroxyl groups excluding tert-OH is 1. The number of aliphatic hydroxyl groups is 1. The van der Waals surface area contributed by atoms with E-state index in [-0.39, 0.29) is 28.8 Å². The van der Waals surface area contributed by atoms with Gasteiger partial charge in [0.05, 0.1) is 5.39 Å². The van der Waals surface area contributed by atoms with E-state index in [0.29, 0.717) is 11.0 Å². The van der Waals surface area contributed by atoms with E-state index in [2.05, 4.69) is 6.07 Å². The van der Waals surface area contributed by atoms with Gasteiger partial charge in [-0.2, -0.15) is 0 Å². The van der Waals surface area contributed by atoms with Crippen molar-refractivity contribution < 1.29 is 14.6 Å². The highest BCUT2D eigenvalue weighted by Gasteiger charge is 2.67. The molecule has 4 heteroatoms. The van der Waals surface area contributed by atoms with Crippen LogP contribution in [0.5, 0.6) is 5.75 Å². The molecule has 3 fully saturated rings. The molecule has 0 unspecified atom stereocenters. The molecule has 23 heavy (non-hydrogen) atoms. The van der Waals surface area contributed by atoms with Crippen molar-refractivity contribution in [3.05, 3.63) is 52.4 Å². The van der Waals surface area contributed by atoms with E-state index in [1.54, 1.807) is 12.1 Å². The summed E-state index contributed by atoms with van der Waals surface area (Å²) >= 11 is 0. The molecule has 3 saturated carbocycles. The van der Waals surface area contributed by atoms with Crippen molar-refractivity contribution in [2.24, 2.45) is 5.41 Å². The highest BCUT2D eigenvalue weighted by Crippen LogP contribution is 2.73. The molecule has 3 aromatic rings. The number of rotatable bonds is 2. The first kappa shape index (κ1) is 13.1. The zero-order valence-electron chi connectivity index (χ0n) is 12.5. The third-order valence-corrected chi connectivity index (χ3v) is 5.79. The first-order valence-corrected chi connectivity index (χ1v) is 7.85. The molecule has 3 aliphatic carbocycles. The Morgan fingerprint density at radius 2 is 1.74 bits per heavy atom. The molecule has 0 radical (unpaired) electrons. The molecular formula is C19H16O4. The molecule has 2 bridgehead atoms. The minimum absolute atomic E-state index is 0.0831. The maximum Gasteiger partial charge on any atom is 0.344 e. The Bertz CT molecular complexity index is 1010. The second kappa shape index (κ2) is 3.95. The Morgan fingerprint density at radius 3 is 2.48 bits per heavy atom. The molecule has 2 aromatic carbocycles. The number of phenols is 1. The summed E-state index contributed by atoms with van der Waals surface area (Å²) in [5.74, 6) is 0.0831. The van der Waals surface area contributed by atoms with Crippen LogP contribution in [0.1, 0.15) is 24.8 Å². The van der Waals surface area contributed by atoms with E-state index in [1.165, 1.54) is 11.6 Å². The van der Waals surface area contributed by atoms with Crippen LogP contribution in [0.2, 0.25) is 0 Å². The summed E-state index contributed by atoms with van der Waals surface area (Å²) in [5, 5.41) is 21.2. The minimum Gasteiger partial charge on any atom is -0.508 e. The maximum absolute atomic E-state index is 12.3. The molecule has 1 heterocycles. The normalized spacial score (nSPS) is 28.6. The van der Waals surface area contributed by atoms with Crippen LogP contribution < -0.4 is 5.63 Å². The number of hydrogen-bond donors (Lipinski definition) is 2. The van der Waals surface area contributed by atoms with Gasteiger partial charge in [0, 0.05) is 18.1 Å². The minimum atomic E-state index is -0.372. The van der Waals surface area contributed by atoms with Crippen LogP contribution in [-0.4, -0.2) is 16.8 Å². The monoisotopic (exact) mass is 308 g/mol. The summed E-state index contributed by atoms with van der Waals surface area (Å²) < 4.78 is 5.37. The van der Waals surface area contributed by atoms with Crippen LogP contribution in [0.3, 0.4) is 0 Å². The fourth-order valence-electron chi connectivity index (χ4n) is 4.72. The summed E-state index contributed by atoms with van der Waals surface area (Å²) in [4.78, 5) is 12.3. The second-order valence-corrected chi connectivity index (χ2v) is 7.30. The Balaban J connectivity index is 1.70. The van der Waals surface area contributed by atoms with E-state index in [1.807, 2.05) is 12.1 Å². The zero-order valence-corrected chi connectivity index (χ0v) is 12.5. The average molecular weight is 308 g/mol. The standard InChI is InChI=1S/C19H16O4/c20-10-18-7-19(8-18,9-18)11-1-3-13-14-4-2-12(21)6-16(14)23-17(22)15(13)5-11/h1-6,20-21H,7-10H2. The first-order chi connectivity index (χ1) is 11.0. The van der Waals surface area contributed by atoms with Crippen molar-refractivity contribution in [1.82, 2.24) is 0 Å². The van der Waals surface area contributed by atoms with Gasteiger partial charge < -0.3 is 14.6 Å². The molecule has 4 nitrogen and oxygen atoms in total. The van der Waals surface area contributed by atoms with Gasteiger partial charge in [-0.1, -0.05) is 12.1 Å². The van der Waals surface area contributed by atoms with Gasteiger partial charge in [0.2, 0.25) is 0 Å². The Kier molecular flexibility index (Phi) is 2.26. The van der Waals surface area contributed by atoms with Gasteiger partial charge in [-0.25, -0.2) is 4.79 Å². The number of aromatic hydroxyl groups is 1. The van der Waals surface area contributed by atoms with Crippen molar-refractivity contribution in [3.63, 3.8) is 0 Å². The Morgan fingerprint density at radius 1 is 1.00 bits per heavy atom. The lowest BCUT2D eigenvalue weighted by molar-refractivity contribution is -0.167. The molecule has 3 aliphatic rings. The van der Waals surface area contributed by atoms with Crippen LogP contribution in [0, 0.1) is 5.41 Å². The van der Waals surface area contributed by atoms with Gasteiger partial charge in [-0.3, -0.25) is 0 Å². The van der Waals surface area contributed by atoms with Gasteiger partial charge in [0.1, 0.15) is 11.3 Å². The first-order valence-electron chi connectivity index (χ1n) is 7.85. The van der Waals surface area contributed by atoms with Gasteiger partial charge in [0.25, 0.3) is 0 Å². The maximum atomic E-state index is 12.3. The van der Waals surface area contributed by atoms with Crippen LogP contribution >= 0.6 is 0 Å². The van der Waals surface area contributed by atoms with E-state index in [9.17, 15) is 15.0 Å². The number of phenolic OH excluding ortho intramolecular Hbond substituents is 1. The molecular weight excluding hydrogens is 292 g/mol. The lowest BCUT2D eigenvalue weighted by atomic mass is 9.34. The molecule has 1 aromatic heterocycles. The molecule has 0 saturated heterocycles. The van der Waals surface area contributed by atoms with Gasteiger partial charge in [-0.05, 0) is 59.2 Å². The number of benzene rings is 2. The molecule has 6 rings (SSSR count). The second-order valence-electron chi connectivity index (χ2n) is 7.30. The van der Waals surface area contributed by atoms with Gasteiger partial charge >= 0.3 is 5.63 Å². The quantitative estimate of drug-likeness (QED) is 0.564. The molecule has 0 atom stereocenters. The largest absolute Gasteiger partial charge is 0.508 e. The Hall–Kier alpha value is -2.33. The molecule has 2 N–H and O–H groups in total. The SMILES string of the molecule is O=c1oc2cc(O)ccc2c2ccc(C34CC(CO)(C3)C4)cc12.